The van der Waals surface area contributed by atoms with Crippen molar-refractivity contribution in [2.24, 2.45) is 0 Å². The minimum atomic E-state index is -0.963. The lowest BCUT2D eigenvalue weighted by Gasteiger charge is -2.08. The van der Waals surface area contributed by atoms with Gasteiger partial charge in [0, 0.05) is 6.20 Å². The Hall–Kier alpha value is -0.980. The summed E-state index contributed by atoms with van der Waals surface area (Å²) in [6.07, 6.45) is 1.36. The normalized spacial score (nSPS) is 11.9. The van der Waals surface area contributed by atoms with Crippen LogP contribution in [0.2, 0.25) is 10.0 Å². The molecule has 8 heteroatoms. The Morgan fingerprint density at radius 3 is 2.78 bits per heavy atom. The predicted octanol–water partition coefficient (Wildman–Crippen LogP) is 2.53. The minimum Gasteiger partial charge on any atom is -0.480 e. The van der Waals surface area contributed by atoms with Crippen LogP contribution in [-0.2, 0) is 9.59 Å². The van der Waals surface area contributed by atoms with Crippen molar-refractivity contribution in [3.8, 4) is 0 Å². The molecule has 0 aliphatic heterocycles. The zero-order valence-electron chi connectivity index (χ0n) is 9.31. The highest BCUT2D eigenvalue weighted by molar-refractivity contribution is 8.01. The molecule has 0 spiro atoms. The van der Waals surface area contributed by atoms with Gasteiger partial charge < -0.3 is 10.4 Å². The number of aliphatic carboxylic acids is 1. The number of halogens is 2. The summed E-state index contributed by atoms with van der Waals surface area (Å²) in [7, 11) is 0. The highest BCUT2D eigenvalue weighted by Gasteiger charge is 2.14. The summed E-state index contributed by atoms with van der Waals surface area (Å²) in [6.45, 7) is 1.51. The third-order valence-electron chi connectivity index (χ3n) is 1.88. The van der Waals surface area contributed by atoms with Crippen LogP contribution in [-0.4, -0.2) is 33.0 Å². The summed E-state index contributed by atoms with van der Waals surface area (Å²) in [5.74, 6) is -1.12. The number of hydrogen-bond donors (Lipinski definition) is 2. The fourth-order valence-corrected chi connectivity index (χ4v) is 1.99. The second-order valence-corrected chi connectivity index (χ2v) is 5.50. The third-order valence-corrected chi connectivity index (χ3v) is 3.50. The smallest absolute Gasteiger partial charge is 0.316 e. The summed E-state index contributed by atoms with van der Waals surface area (Å²) in [6, 6.07) is 1.46. The molecule has 1 rings (SSSR count). The van der Waals surface area contributed by atoms with Crippen LogP contribution >= 0.6 is 35.0 Å². The lowest BCUT2D eigenvalue weighted by atomic mass is 10.4. The van der Waals surface area contributed by atoms with E-state index in [0.717, 1.165) is 11.8 Å². The molecule has 0 radical (unpaired) electrons. The van der Waals surface area contributed by atoms with Gasteiger partial charge in [-0.2, -0.15) is 0 Å². The number of rotatable bonds is 5. The SMILES string of the molecule is C[C@@H](SCC(=O)Nc1ncc(Cl)cc1Cl)C(=O)O. The number of pyridine rings is 1. The largest absolute Gasteiger partial charge is 0.480 e. The fourth-order valence-electron chi connectivity index (χ4n) is 0.947. The second-order valence-electron chi connectivity index (χ2n) is 3.32. The van der Waals surface area contributed by atoms with Gasteiger partial charge in [0.1, 0.15) is 0 Å². The van der Waals surface area contributed by atoms with Crippen LogP contribution in [0, 0.1) is 0 Å². The van der Waals surface area contributed by atoms with E-state index in [9.17, 15) is 9.59 Å². The Morgan fingerprint density at radius 1 is 1.56 bits per heavy atom. The van der Waals surface area contributed by atoms with Gasteiger partial charge in [0.15, 0.2) is 5.82 Å². The Morgan fingerprint density at radius 2 is 2.22 bits per heavy atom. The van der Waals surface area contributed by atoms with Gasteiger partial charge in [-0.05, 0) is 13.0 Å². The molecule has 5 nitrogen and oxygen atoms in total. The van der Waals surface area contributed by atoms with Crippen molar-refractivity contribution in [2.45, 2.75) is 12.2 Å². The predicted molar refractivity (Wildman–Crippen MR) is 72.4 cm³/mol. The molecular weight excluding hydrogens is 299 g/mol. The molecule has 18 heavy (non-hydrogen) atoms. The fraction of sp³-hybridized carbons (Fsp3) is 0.300. The van der Waals surface area contributed by atoms with Crippen molar-refractivity contribution in [2.75, 3.05) is 11.1 Å². The molecule has 1 aromatic heterocycles. The number of hydrogen-bond acceptors (Lipinski definition) is 4. The number of aromatic nitrogens is 1. The van der Waals surface area contributed by atoms with Crippen LogP contribution in [0.25, 0.3) is 0 Å². The number of amides is 1. The summed E-state index contributed by atoms with van der Waals surface area (Å²) >= 11 is 12.5. The number of carbonyl (C=O) groups is 2. The molecule has 1 aromatic rings. The van der Waals surface area contributed by atoms with E-state index < -0.39 is 11.2 Å². The third kappa shape index (κ3) is 4.72. The van der Waals surface area contributed by atoms with Crippen molar-refractivity contribution >= 4 is 52.7 Å². The molecule has 0 saturated heterocycles. The lowest BCUT2D eigenvalue weighted by Crippen LogP contribution is -2.19. The summed E-state index contributed by atoms with van der Waals surface area (Å²) in [4.78, 5) is 25.9. The number of nitrogens with zero attached hydrogens (tertiary/aromatic N) is 1. The van der Waals surface area contributed by atoms with Gasteiger partial charge in [-0.3, -0.25) is 9.59 Å². The van der Waals surface area contributed by atoms with Crippen LogP contribution in [0.15, 0.2) is 12.3 Å². The molecule has 0 bridgehead atoms. The Labute approximate surface area is 118 Å². The molecule has 0 fully saturated rings. The lowest BCUT2D eigenvalue weighted by molar-refractivity contribution is -0.136. The maximum atomic E-state index is 11.5. The van der Waals surface area contributed by atoms with Gasteiger partial charge in [0.25, 0.3) is 0 Å². The van der Waals surface area contributed by atoms with Gasteiger partial charge >= 0.3 is 5.97 Å². The molecule has 1 heterocycles. The first kappa shape index (κ1) is 15.1. The van der Waals surface area contributed by atoms with Crippen LogP contribution in [0.1, 0.15) is 6.92 Å². The molecule has 1 amide bonds. The van der Waals surface area contributed by atoms with Crippen molar-refractivity contribution in [3.63, 3.8) is 0 Å². The van der Waals surface area contributed by atoms with Gasteiger partial charge in [0.2, 0.25) is 5.91 Å². The zero-order chi connectivity index (χ0) is 13.7. The average molecular weight is 309 g/mol. The van der Waals surface area contributed by atoms with Gasteiger partial charge in [-0.15, -0.1) is 11.8 Å². The molecular formula is C10H10Cl2N2O3S. The minimum absolute atomic E-state index is 0.00804. The van der Waals surface area contributed by atoms with Gasteiger partial charge in [-0.25, -0.2) is 4.98 Å². The summed E-state index contributed by atoms with van der Waals surface area (Å²) in [5, 5.41) is 11.1. The molecule has 1 atom stereocenters. The van der Waals surface area contributed by atoms with Gasteiger partial charge in [0.05, 0.1) is 21.0 Å². The first-order valence-corrected chi connectivity index (χ1v) is 6.66. The molecule has 0 aliphatic rings. The highest BCUT2D eigenvalue weighted by Crippen LogP contribution is 2.22. The van der Waals surface area contributed by atoms with Crippen LogP contribution < -0.4 is 5.32 Å². The molecule has 0 unspecified atom stereocenters. The van der Waals surface area contributed by atoms with Gasteiger partial charge in [-0.1, -0.05) is 23.2 Å². The monoisotopic (exact) mass is 308 g/mol. The number of nitrogens with one attached hydrogen (secondary N) is 1. The standard InChI is InChI=1S/C10H10Cl2N2O3S/c1-5(10(16)17)18-4-8(15)14-9-7(12)2-6(11)3-13-9/h2-3,5H,4H2,1H3,(H,16,17)(H,13,14,15)/t5-/m1/s1. The summed E-state index contributed by atoms with van der Waals surface area (Å²) < 4.78 is 0. The average Bonchev–Trinajstić information content (AvgIpc) is 2.29. The number of thioether (sulfide) groups is 1. The van der Waals surface area contributed by atoms with E-state index >= 15 is 0 Å². The number of carboxylic acid groups (broad SMARTS) is 1. The maximum Gasteiger partial charge on any atom is 0.316 e. The second kappa shape index (κ2) is 6.82. The van der Waals surface area contributed by atoms with E-state index in [2.05, 4.69) is 10.3 Å². The van der Waals surface area contributed by atoms with Crippen molar-refractivity contribution < 1.29 is 14.7 Å². The number of carboxylic acids is 1. The van der Waals surface area contributed by atoms with Crippen molar-refractivity contribution in [3.05, 3.63) is 22.3 Å². The molecule has 2 N–H and O–H groups in total. The quantitative estimate of drug-likeness (QED) is 0.874. The Balaban J connectivity index is 2.52. The first-order chi connectivity index (χ1) is 8.40. The van der Waals surface area contributed by atoms with Crippen LogP contribution in [0.5, 0.6) is 0 Å². The Kier molecular flexibility index (Phi) is 5.71. The Bertz CT molecular complexity index is 470. The molecule has 98 valence electrons. The topological polar surface area (TPSA) is 79.3 Å². The van der Waals surface area contributed by atoms with E-state index in [0.29, 0.717) is 5.02 Å². The van der Waals surface area contributed by atoms with E-state index in [1.807, 2.05) is 0 Å². The van der Waals surface area contributed by atoms with Crippen molar-refractivity contribution in [1.29, 1.82) is 0 Å². The van der Waals surface area contributed by atoms with Crippen LogP contribution in [0.3, 0.4) is 0 Å². The van der Waals surface area contributed by atoms with E-state index in [1.165, 1.54) is 19.2 Å². The van der Waals surface area contributed by atoms with E-state index in [1.54, 1.807) is 0 Å². The number of carbonyl (C=O) groups excluding carboxylic acids is 1. The van der Waals surface area contributed by atoms with Crippen molar-refractivity contribution in [1.82, 2.24) is 4.98 Å². The first-order valence-electron chi connectivity index (χ1n) is 4.85. The maximum absolute atomic E-state index is 11.5. The molecule has 0 saturated carbocycles. The van der Waals surface area contributed by atoms with E-state index in [-0.39, 0.29) is 22.5 Å². The van der Waals surface area contributed by atoms with Crippen LogP contribution in [0.4, 0.5) is 5.82 Å². The summed E-state index contributed by atoms with van der Waals surface area (Å²) in [5.41, 5.74) is 0. The highest BCUT2D eigenvalue weighted by atomic mass is 35.5. The zero-order valence-corrected chi connectivity index (χ0v) is 11.6. The number of anilines is 1. The molecule has 0 aromatic carbocycles. The van der Waals surface area contributed by atoms with E-state index in [4.69, 9.17) is 28.3 Å². The molecule has 0 aliphatic carbocycles.